The molecule has 1 N–H and O–H groups in total. The van der Waals surface area contributed by atoms with Gasteiger partial charge in [0.1, 0.15) is 5.82 Å². The van der Waals surface area contributed by atoms with Gasteiger partial charge in [0.05, 0.1) is 16.6 Å². The van der Waals surface area contributed by atoms with E-state index in [2.05, 4.69) is 15.2 Å². The van der Waals surface area contributed by atoms with Gasteiger partial charge in [-0.3, -0.25) is 14.7 Å². The number of benzene rings is 1. The molecule has 4 nitrogen and oxygen atoms in total. The third kappa shape index (κ3) is 5.08. The maximum atomic E-state index is 13.2. The lowest BCUT2D eigenvalue weighted by molar-refractivity contribution is 0.0879. The highest BCUT2D eigenvalue weighted by Crippen LogP contribution is 2.30. The number of hydrogen-bond donors (Lipinski definition) is 1. The normalized spacial score (nSPS) is 18.3. The topological polar surface area (TPSA) is 45.2 Å². The average Bonchev–Trinajstić information content (AvgIpc) is 3.29. The van der Waals surface area contributed by atoms with Gasteiger partial charge in [0.25, 0.3) is 5.91 Å². The summed E-state index contributed by atoms with van der Waals surface area (Å²) in [5.74, 6) is 0.00565. The summed E-state index contributed by atoms with van der Waals surface area (Å²) in [6.45, 7) is 2.65. The highest BCUT2D eigenvalue weighted by atomic mass is 32.1. The first-order valence-corrected chi connectivity index (χ1v) is 10.8. The fourth-order valence-corrected chi connectivity index (χ4v) is 4.60. The van der Waals surface area contributed by atoms with E-state index in [1.54, 1.807) is 6.20 Å². The van der Waals surface area contributed by atoms with Gasteiger partial charge in [-0.25, -0.2) is 4.39 Å². The van der Waals surface area contributed by atoms with E-state index >= 15 is 0 Å². The van der Waals surface area contributed by atoms with Crippen molar-refractivity contribution in [1.29, 1.82) is 0 Å². The molecule has 0 bridgehead atoms. The van der Waals surface area contributed by atoms with E-state index in [1.165, 1.54) is 23.5 Å². The number of piperidine rings is 1. The Morgan fingerprint density at radius 1 is 1.21 bits per heavy atom. The van der Waals surface area contributed by atoms with Crippen LogP contribution < -0.4 is 5.32 Å². The molecular weight excluding hydrogens is 385 g/mol. The number of carbonyl (C=O) groups is 1. The van der Waals surface area contributed by atoms with Gasteiger partial charge in [0.2, 0.25) is 0 Å². The van der Waals surface area contributed by atoms with E-state index in [0.717, 1.165) is 43.7 Å². The number of amides is 1. The van der Waals surface area contributed by atoms with Crippen LogP contribution >= 0.6 is 11.3 Å². The second kappa shape index (κ2) is 9.29. The Morgan fingerprint density at radius 3 is 2.79 bits per heavy atom. The van der Waals surface area contributed by atoms with Crippen molar-refractivity contribution in [3.8, 4) is 0 Å². The molecule has 0 saturated carbocycles. The predicted octanol–water partition coefficient (Wildman–Crippen LogP) is 4.67. The Morgan fingerprint density at radius 2 is 2.07 bits per heavy atom. The Hall–Kier alpha value is -2.57. The zero-order chi connectivity index (χ0) is 20.1. The first-order chi connectivity index (χ1) is 14.2. The van der Waals surface area contributed by atoms with Crippen LogP contribution in [0.3, 0.4) is 0 Å². The summed E-state index contributed by atoms with van der Waals surface area (Å²) in [6.07, 6.45) is 3.87. The second-order valence-electron chi connectivity index (χ2n) is 7.45. The van der Waals surface area contributed by atoms with Crippen LogP contribution in [0.5, 0.6) is 0 Å². The van der Waals surface area contributed by atoms with Gasteiger partial charge >= 0.3 is 0 Å². The Bertz CT molecular complexity index is 915. The standard InChI is InChI=1S/C23H24FN3OS/c24-19-10-8-17(9-11-19)15-27-13-3-5-18(16-27)22(20-6-1-2-12-25-20)26-23(28)21-7-4-14-29-21/h1-2,4,6-12,14,18,22H,3,5,13,15-16H2,(H,26,28)/t18-,22+/m1/s1. The van der Waals surface area contributed by atoms with Crippen LogP contribution in [0.2, 0.25) is 0 Å². The van der Waals surface area contributed by atoms with Crippen molar-refractivity contribution in [2.24, 2.45) is 5.92 Å². The van der Waals surface area contributed by atoms with Crippen molar-refractivity contribution in [2.75, 3.05) is 13.1 Å². The van der Waals surface area contributed by atoms with Gasteiger partial charge in [-0.05, 0) is 66.6 Å². The zero-order valence-electron chi connectivity index (χ0n) is 16.1. The molecule has 0 spiro atoms. The lowest BCUT2D eigenvalue weighted by Crippen LogP contribution is -2.42. The van der Waals surface area contributed by atoms with Crippen LogP contribution in [0, 0.1) is 11.7 Å². The van der Waals surface area contributed by atoms with Crippen molar-refractivity contribution in [3.05, 3.63) is 88.1 Å². The minimum absolute atomic E-state index is 0.0497. The molecule has 6 heteroatoms. The molecule has 0 aliphatic carbocycles. The molecule has 0 radical (unpaired) electrons. The van der Waals surface area contributed by atoms with Crippen LogP contribution in [0.25, 0.3) is 0 Å². The SMILES string of the molecule is O=C(N[C@H](c1ccccn1)[C@@H]1CCCN(Cc2ccc(F)cc2)C1)c1cccs1. The third-order valence-electron chi connectivity index (χ3n) is 5.37. The summed E-state index contributed by atoms with van der Waals surface area (Å²) in [5, 5.41) is 5.14. The number of nitrogens with zero attached hydrogens (tertiary/aromatic N) is 2. The molecule has 1 aromatic carbocycles. The van der Waals surface area contributed by atoms with Crippen molar-refractivity contribution in [1.82, 2.24) is 15.2 Å². The third-order valence-corrected chi connectivity index (χ3v) is 6.24. The molecule has 1 amide bonds. The van der Waals surface area contributed by atoms with Crippen LogP contribution in [0.15, 0.2) is 66.2 Å². The second-order valence-corrected chi connectivity index (χ2v) is 8.39. The molecule has 2 atom stereocenters. The Balaban J connectivity index is 1.50. The summed E-state index contributed by atoms with van der Waals surface area (Å²) in [6, 6.07) is 16.1. The minimum atomic E-state index is -0.211. The van der Waals surface area contributed by atoms with Gasteiger partial charge in [0.15, 0.2) is 0 Å². The van der Waals surface area contributed by atoms with E-state index in [9.17, 15) is 9.18 Å². The molecule has 3 heterocycles. The molecule has 1 aliphatic rings. The van der Waals surface area contributed by atoms with Gasteiger partial charge in [-0.15, -0.1) is 11.3 Å². The van der Waals surface area contributed by atoms with Crippen LogP contribution in [-0.4, -0.2) is 28.9 Å². The summed E-state index contributed by atoms with van der Waals surface area (Å²) in [5.41, 5.74) is 2.00. The Kier molecular flexibility index (Phi) is 6.32. The fourth-order valence-electron chi connectivity index (χ4n) is 3.97. The number of hydrogen-bond acceptors (Lipinski definition) is 4. The van der Waals surface area contributed by atoms with Crippen molar-refractivity contribution in [3.63, 3.8) is 0 Å². The predicted molar refractivity (Wildman–Crippen MR) is 113 cm³/mol. The van der Waals surface area contributed by atoms with E-state index in [0.29, 0.717) is 4.88 Å². The van der Waals surface area contributed by atoms with Gasteiger partial charge in [-0.1, -0.05) is 24.3 Å². The molecule has 2 aromatic heterocycles. The van der Waals surface area contributed by atoms with Crippen molar-refractivity contribution < 1.29 is 9.18 Å². The molecular formula is C23H24FN3OS. The molecule has 1 fully saturated rings. The maximum Gasteiger partial charge on any atom is 0.261 e. The molecule has 0 unspecified atom stereocenters. The Labute approximate surface area is 174 Å². The van der Waals surface area contributed by atoms with E-state index < -0.39 is 0 Å². The van der Waals surface area contributed by atoms with E-state index in [4.69, 9.17) is 0 Å². The van der Waals surface area contributed by atoms with Crippen molar-refractivity contribution >= 4 is 17.2 Å². The fraction of sp³-hybridized carbons (Fsp3) is 0.304. The van der Waals surface area contributed by atoms with Crippen LogP contribution in [-0.2, 0) is 6.54 Å². The highest BCUT2D eigenvalue weighted by molar-refractivity contribution is 7.12. The molecule has 1 aliphatic heterocycles. The first-order valence-electron chi connectivity index (χ1n) is 9.91. The number of pyridine rings is 1. The smallest absolute Gasteiger partial charge is 0.261 e. The molecule has 3 aromatic rings. The zero-order valence-corrected chi connectivity index (χ0v) is 16.9. The minimum Gasteiger partial charge on any atom is -0.343 e. The van der Waals surface area contributed by atoms with Gasteiger partial charge in [0, 0.05) is 19.3 Å². The lowest BCUT2D eigenvalue weighted by Gasteiger charge is -2.37. The summed E-state index contributed by atoms with van der Waals surface area (Å²) < 4.78 is 13.2. The van der Waals surface area contributed by atoms with Crippen LogP contribution in [0.1, 0.15) is 39.8 Å². The number of aromatic nitrogens is 1. The average molecular weight is 410 g/mol. The number of likely N-dealkylation sites (tertiary alicyclic amines) is 1. The van der Waals surface area contributed by atoms with E-state index in [1.807, 2.05) is 47.8 Å². The quantitative estimate of drug-likeness (QED) is 0.644. The molecule has 29 heavy (non-hydrogen) atoms. The largest absolute Gasteiger partial charge is 0.343 e. The highest BCUT2D eigenvalue weighted by Gasteiger charge is 2.30. The molecule has 4 rings (SSSR count). The molecule has 150 valence electrons. The lowest BCUT2D eigenvalue weighted by atomic mass is 9.88. The summed E-state index contributed by atoms with van der Waals surface area (Å²) in [7, 11) is 0. The number of thiophene rings is 1. The first kappa shape index (κ1) is 19.7. The number of rotatable bonds is 6. The van der Waals surface area contributed by atoms with Crippen molar-refractivity contribution in [2.45, 2.75) is 25.4 Å². The van der Waals surface area contributed by atoms with Gasteiger partial charge < -0.3 is 5.32 Å². The summed E-state index contributed by atoms with van der Waals surface area (Å²) in [4.78, 5) is 20.4. The number of nitrogens with one attached hydrogen (secondary N) is 1. The van der Waals surface area contributed by atoms with Gasteiger partial charge in [-0.2, -0.15) is 0 Å². The molecule has 1 saturated heterocycles. The maximum absolute atomic E-state index is 13.2. The number of halogens is 1. The van der Waals surface area contributed by atoms with Crippen LogP contribution in [0.4, 0.5) is 4.39 Å². The summed E-state index contributed by atoms with van der Waals surface area (Å²) >= 11 is 1.44. The monoisotopic (exact) mass is 409 g/mol. The van der Waals surface area contributed by atoms with E-state index in [-0.39, 0.29) is 23.7 Å². The number of carbonyl (C=O) groups excluding carboxylic acids is 1.